The van der Waals surface area contributed by atoms with Gasteiger partial charge in [0.05, 0.1) is 15.7 Å². The van der Waals surface area contributed by atoms with Crippen molar-refractivity contribution in [3.8, 4) is 0 Å². The summed E-state index contributed by atoms with van der Waals surface area (Å²) in [5.74, 6) is -0.383. The summed E-state index contributed by atoms with van der Waals surface area (Å²) in [6.45, 7) is 5.50. The number of nitro benzene ring substituents is 1. The van der Waals surface area contributed by atoms with Gasteiger partial charge in [-0.2, -0.15) is 4.31 Å². The monoisotopic (exact) mass is 452 g/mol. The molecular formula is C20H28N4O6S. The van der Waals surface area contributed by atoms with Gasteiger partial charge in [0.25, 0.3) is 5.69 Å². The smallest absolute Gasteiger partial charge is 0.270 e. The molecule has 0 aliphatic carbocycles. The zero-order chi connectivity index (χ0) is 22.8. The van der Waals surface area contributed by atoms with E-state index in [1.165, 1.54) is 22.5 Å². The second-order valence-electron chi connectivity index (χ2n) is 8.26. The van der Waals surface area contributed by atoms with Crippen molar-refractivity contribution in [2.45, 2.75) is 31.6 Å². The van der Waals surface area contributed by atoms with Crippen molar-refractivity contribution >= 4 is 27.5 Å². The number of piperidine rings is 1. The van der Waals surface area contributed by atoms with E-state index in [4.69, 9.17) is 0 Å². The van der Waals surface area contributed by atoms with Crippen molar-refractivity contribution in [2.24, 2.45) is 11.8 Å². The molecule has 11 heteroatoms. The van der Waals surface area contributed by atoms with E-state index >= 15 is 0 Å². The predicted molar refractivity (Wildman–Crippen MR) is 113 cm³/mol. The number of rotatable bonds is 5. The lowest BCUT2D eigenvalue weighted by molar-refractivity contribution is -0.385. The van der Waals surface area contributed by atoms with E-state index in [1.54, 1.807) is 9.80 Å². The van der Waals surface area contributed by atoms with Gasteiger partial charge < -0.3 is 9.80 Å². The molecule has 2 amide bonds. The molecule has 2 heterocycles. The highest BCUT2D eigenvalue weighted by molar-refractivity contribution is 7.89. The third kappa shape index (κ3) is 5.04. The predicted octanol–water partition coefficient (Wildman–Crippen LogP) is 1.32. The van der Waals surface area contributed by atoms with Gasteiger partial charge in [0.15, 0.2) is 0 Å². The number of hydrogen-bond donors (Lipinski definition) is 0. The molecule has 3 rings (SSSR count). The normalized spacial score (nSPS) is 20.7. The van der Waals surface area contributed by atoms with Gasteiger partial charge >= 0.3 is 0 Å². The summed E-state index contributed by atoms with van der Waals surface area (Å²) in [7, 11) is -3.88. The minimum absolute atomic E-state index is 0.0466. The van der Waals surface area contributed by atoms with Gasteiger partial charge in [-0.15, -0.1) is 0 Å². The lowest BCUT2D eigenvalue weighted by Gasteiger charge is -2.39. The van der Waals surface area contributed by atoms with Crippen molar-refractivity contribution in [3.63, 3.8) is 0 Å². The summed E-state index contributed by atoms with van der Waals surface area (Å²) in [4.78, 5) is 38.9. The first-order valence-electron chi connectivity index (χ1n) is 10.4. The summed E-state index contributed by atoms with van der Waals surface area (Å²) in [6, 6.07) is 4.97. The standard InChI is InChI=1S/C20H28N4O6S/c1-15(2)19(25)22-8-4-5-16(14-22)20(26)21-9-11-23(12-10-21)31(29,30)18-7-3-6-17(13-18)24(27)28/h3,6-7,13,15-16H,4-5,8-12,14H2,1-2H3. The van der Waals surface area contributed by atoms with Gasteiger partial charge in [0.1, 0.15) is 0 Å². The summed E-state index contributed by atoms with van der Waals surface area (Å²) < 4.78 is 27.0. The first-order chi connectivity index (χ1) is 14.6. The Labute approximate surface area is 182 Å². The molecule has 2 aliphatic rings. The molecule has 2 aliphatic heterocycles. The highest BCUT2D eigenvalue weighted by Gasteiger charge is 2.35. The number of benzene rings is 1. The molecule has 0 bridgehead atoms. The Balaban J connectivity index is 1.62. The van der Waals surface area contributed by atoms with Crippen molar-refractivity contribution in [3.05, 3.63) is 34.4 Å². The van der Waals surface area contributed by atoms with Crippen LogP contribution in [0.2, 0.25) is 0 Å². The zero-order valence-corrected chi connectivity index (χ0v) is 18.6. The van der Waals surface area contributed by atoms with Crippen LogP contribution in [0.5, 0.6) is 0 Å². The second kappa shape index (κ2) is 9.31. The Morgan fingerprint density at radius 3 is 2.39 bits per heavy atom. The molecule has 10 nitrogen and oxygen atoms in total. The first kappa shape index (κ1) is 23.1. The lowest BCUT2D eigenvalue weighted by atomic mass is 9.95. The lowest BCUT2D eigenvalue weighted by Crippen LogP contribution is -2.54. The van der Waals surface area contributed by atoms with Crippen LogP contribution >= 0.6 is 0 Å². The number of hydrogen-bond acceptors (Lipinski definition) is 6. The fourth-order valence-corrected chi connectivity index (χ4v) is 5.52. The van der Waals surface area contributed by atoms with E-state index in [9.17, 15) is 28.1 Å². The van der Waals surface area contributed by atoms with Crippen molar-refractivity contribution in [1.82, 2.24) is 14.1 Å². The van der Waals surface area contributed by atoms with Crippen LogP contribution in [0.1, 0.15) is 26.7 Å². The Morgan fingerprint density at radius 1 is 1.10 bits per heavy atom. The van der Waals surface area contributed by atoms with E-state index < -0.39 is 14.9 Å². The molecule has 1 unspecified atom stereocenters. The maximum atomic E-state index is 13.0. The van der Waals surface area contributed by atoms with Gasteiger partial charge in [-0.25, -0.2) is 8.42 Å². The van der Waals surface area contributed by atoms with Crippen LogP contribution in [0.25, 0.3) is 0 Å². The van der Waals surface area contributed by atoms with Crippen LogP contribution < -0.4 is 0 Å². The third-order valence-electron chi connectivity index (χ3n) is 5.79. The minimum Gasteiger partial charge on any atom is -0.342 e. The second-order valence-corrected chi connectivity index (χ2v) is 10.2. The average Bonchev–Trinajstić information content (AvgIpc) is 2.78. The third-order valence-corrected chi connectivity index (χ3v) is 7.69. The topological polar surface area (TPSA) is 121 Å². The minimum atomic E-state index is -3.88. The Morgan fingerprint density at radius 2 is 1.77 bits per heavy atom. The number of carbonyl (C=O) groups is 2. The summed E-state index contributed by atoms with van der Waals surface area (Å²) in [5.41, 5.74) is -0.285. The van der Waals surface area contributed by atoms with Crippen LogP contribution in [0, 0.1) is 22.0 Å². The van der Waals surface area contributed by atoms with E-state index in [1.807, 2.05) is 13.8 Å². The van der Waals surface area contributed by atoms with Crippen molar-refractivity contribution in [2.75, 3.05) is 39.3 Å². The quantitative estimate of drug-likeness (QED) is 0.491. The largest absolute Gasteiger partial charge is 0.342 e. The fourth-order valence-electron chi connectivity index (χ4n) is 4.06. The summed E-state index contributed by atoms with van der Waals surface area (Å²) in [6.07, 6.45) is 1.49. The van der Waals surface area contributed by atoms with Crippen molar-refractivity contribution < 1.29 is 22.9 Å². The molecule has 31 heavy (non-hydrogen) atoms. The maximum Gasteiger partial charge on any atom is 0.270 e. The Kier molecular flexibility index (Phi) is 6.95. The first-order valence-corrected chi connectivity index (χ1v) is 11.9. The van der Waals surface area contributed by atoms with Gasteiger partial charge in [-0.3, -0.25) is 19.7 Å². The summed E-state index contributed by atoms with van der Waals surface area (Å²) >= 11 is 0. The van der Waals surface area contributed by atoms with Gasteiger partial charge in [0.2, 0.25) is 21.8 Å². The number of amides is 2. The number of non-ortho nitro benzene ring substituents is 1. The Hall–Kier alpha value is -2.53. The highest BCUT2D eigenvalue weighted by atomic mass is 32.2. The van der Waals surface area contributed by atoms with Crippen LogP contribution in [0.4, 0.5) is 5.69 Å². The van der Waals surface area contributed by atoms with E-state index in [-0.39, 0.29) is 60.4 Å². The zero-order valence-electron chi connectivity index (χ0n) is 17.8. The molecule has 1 atom stereocenters. The highest BCUT2D eigenvalue weighted by Crippen LogP contribution is 2.24. The molecule has 2 saturated heterocycles. The number of carbonyl (C=O) groups excluding carboxylic acids is 2. The molecule has 0 N–H and O–H groups in total. The molecule has 1 aromatic rings. The Bertz CT molecular complexity index is 956. The summed E-state index contributed by atoms with van der Waals surface area (Å²) in [5, 5.41) is 11.0. The van der Waals surface area contributed by atoms with E-state index in [0.29, 0.717) is 19.5 Å². The van der Waals surface area contributed by atoms with Crippen LogP contribution in [-0.2, 0) is 19.6 Å². The molecule has 2 fully saturated rings. The van der Waals surface area contributed by atoms with Crippen LogP contribution in [0.15, 0.2) is 29.2 Å². The molecule has 1 aromatic carbocycles. The van der Waals surface area contributed by atoms with Crippen LogP contribution in [0.3, 0.4) is 0 Å². The fraction of sp³-hybridized carbons (Fsp3) is 0.600. The molecule has 0 saturated carbocycles. The van der Waals surface area contributed by atoms with Crippen molar-refractivity contribution in [1.29, 1.82) is 0 Å². The maximum absolute atomic E-state index is 13.0. The van der Waals surface area contributed by atoms with E-state index in [2.05, 4.69) is 0 Å². The number of nitrogens with zero attached hydrogens (tertiary/aromatic N) is 4. The average molecular weight is 453 g/mol. The van der Waals surface area contributed by atoms with Gasteiger partial charge in [0, 0.05) is 57.3 Å². The molecule has 0 radical (unpaired) electrons. The molecule has 0 aromatic heterocycles. The SMILES string of the molecule is CC(C)C(=O)N1CCCC(C(=O)N2CCN(S(=O)(=O)c3cccc([N+](=O)[O-])c3)CC2)C1. The number of piperazine rings is 1. The molecule has 0 spiro atoms. The molecular weight excluding hydrogens is 424 g/mol. The van der Waals surface area contributed by atoms with Gasteiger partial charge in [-0.05, 0) is 18.9 Å². The number of sulfonamides is 1. The number of nitro groups is 1. The van der Waals surface area contributed by atoms with Crippen LogP contribution in [-0.4, -0.2) is 78.5 Å². The number of likely N-dealkylation sites (tertiary alicyclic amines) is 1. The van der Waals surface area contributed by atoms with Gasteiger partial charge in [-0.1, -0.05) is 19.9 Å². The van der Waals surface area contributed by atoms with E-state index in [0.717, 1.165) is 12.5 Å². The molecule has 170 valence electrons.